The molecule has 25 heavy (non-hydrogen) atoms. The highest BCUT2D eigenvalue weighted by molar-refractivity contribution is 5.92. The summed E-state index contributed by atoms with van der Waals surface area (Å²) in [5, 5.41) is 4.80. The van der Waals surface area contributed by atoms with E-state index in [0.717, 1.165) is 22.1 Å². The Balaban J connectivity index is 2.02. The summed E-state index contributed by atoms with van der Waals surface area (Å²) in [5.74, 6) is -0.0642. The van der Waals surface area contributed by atoms with E-state index < -0.39 is 12.1 Å². The van der Waals surface area contributed by atoms with Gasteiger partial charge in [-0.05, 0) is 61.4 Å². The fourth-order valence-electron chi connectivity index (χ4n) is 2.31. The molecule has 0 bridgehead atoms. The summed E-state index contributed by atoms with van der Waals surface area (Å²) in [5.41, 5.74) is 0.869. The Labute approximate surface area is 147 Å². The van der Waals surface area contributed by atoms with E-state index >= 15 is 0 Å². The van der Waals surface area contributed by atoms with Crippen LogP contribution in [0.25, 0.3) is 16.8 Å². The molecule has 132 valence electrons. The number of methoxy groups -OCH3 is 1. The van der Waals surface area contributed by atoms with Crippen LogP contribution >= 0.6 is 0 Å². The van der Waals surface area contributed by atoms with Crippen LogP contribution in [0.5, 0.6) is 5.75 Å². The van der Waals surface area contributed by atoms with Gasteiger partial charge >= 0.3 is 5.97 Å². The maximum Gasteiger partial charge on any atom is 0.331 e. The van der Waals surface area contributed by atoms with Crippen LogP contribution in [0.15, 0.2) is 42.5 Å². The van der Waals surface area contributed by atoms with E-state index in [9.17, 15) is 9.59 Å². The molecule has 1 amide bonds. The number of fused-ring (bicyclic) bond motifs is 1. The molecule has 5 heteroatoms. The topological polar surface area (TPSA) is 64.6 Å². The number of benzene rings is 2. The summed E-state index contributed by atoms with van der Waals surface area (Å²) in [6.45, 7) is 5.25. The van der Waals surface area contributed by atoms with Gasteiger partial charge in [0, 0.05) is 12.1 Å². The molecule has 0 saturated heterocycles. The number of carbonyl (C=O) groups is 2. The fraction of sp³-hybridized carbons (Fsp3) is 0.300. The summed E-state index contributed by atoms with van der Waals surface area (Å²) in [4.78, 5) is 23.6. The second-order valence-electron chi connectivity index (χ2n) is 6.05. The Morgan fingerprint density at radius 2 is 1.72 bits per heavy atom. The van der Waals surface area contributed by atoms with Crippen LogP contribution < -0.4 is 10.1 Å². The first-order valence-corrected chi connectivity index (χ1v) is 8.16. The minimum absolute atomic E-state index is 0.000387. The fourth-order valence-corrected chi connectivity index (χ4v) is 2.31. The molecule has 2 rings (SSSR count). The number of rotatable bonds is 6. The second-order valence-corrected chi connectivity index (χ2v) is 6.05. The monoisotopic (exact) mass is 341 g/mol. The van der Waals surface area contributed by atoms with Crippen molar-refractivity contribution in [2.75, 3.05) is 7.11 Å². The highest BCUT2D eigenvalue weighted by atomic mass is 16.5. The van der Waals surface area contributed by atoms with Crippen LogP contribution in [-0.2, 0) is 14.3 Å². The van der Waals surface area contributed by atoms with E-state index in [2.05, 4.69) is 5.32 Å². The SMILES string of the molecule is COc1ccc2cc(/C=C/C(=O)O[C@@H](C)C(=O)NC(C)C)ccc2c1. The van der Waals surface area contributed by atoms with Crippen molar-refractivity contribution in [2.45, 2.75) is 32.9 Å². The highest BCUT2D eigenvalue weighted by Gasteiger charge is 2.16. The summed E-state index contributed by atoms with van der Waals surface area (Å²) < 4.78 is 10.3. The largest absolute Gasteiger partial charge is 0.497 e. The van der Waals surface area contributed by atoms with Crippen LogP contribution in [0, 0.1) is 0 Å². The van der Waals surface area contributed by atoms with Crippen molar-refractivity contribution in [3.05, 3.63) is 48.0 Å². The lowest BCUT2D eigenvalue weighted by atomic mass is 10.1. The minimum atomic E-state index is -0.830. The molecule has 0 aliphatic heterocycles. The molecule has 0 aromatic heterocycles. The van der Waals surface area contributed by atoms with Crippen LogP contribution in [-0.4, -0.2) is 31.1 Å². The summed E-state index contributed by atoms with van der Waals surface area (Å²) in [7, 11) is 1.63. The van der Waals surface area contributed by atoms with Gasteiger partial charge in [0.05, 0.1) is 7.11 Å². The Morgan fingerprint density at radius 3 is 2.40 bits per heavy atom. The minimum Gasteiger partial charge on any atom is -0.497 e. The molecule has 2 aromatic rings. The number of carbonyl (C=O) groups excluding carboxylic acids is 2. The number of ether oxygens (including phenoxy) is 2. The van der Waals surface area contributed by atoms with Crippen molar-refractivity contribution in [3.63, 3.8) is 0 Å². The smallest absolute Gasteiger partial charge is 0.331 e. The molecule has 0 saturated carbocycles. The number of amides is 1. The van der Waals surface area contributed by atoms with Crippen LogP contribution in [0.1, 0.15) is 26.3 Å². The normalized spacial score (nSPS) is 12.4. The first kappa shape index (κ1) is 18.5. The molecule has 0 radical (unpaired) electrons. The lowest BCUT2D eigenvalue weighted by Crippen LogP contribution is -2.39. The zero-order valence-corrected chi connectivity index (χ0v) is 14.9. The molecule has 1 atom stereocenters. The molecule has 0 fully saturated rings. The molecule has 0 aliphatic rings. The predicted octanol–water partition coefficient (Wildman–Crippen LogP) is 3.32. The van der Waals surface area contributed by atoms with E-state index in [1.807, 2.05) is 50.2 Å². The quantitative estimate of drug-likeness (QED) is 0.647. The average molecular weight is 341 g/mol. The maximum absolute atomic E-state index is 11.9. The van der Waals surface area contributed by atoms with Gasteiger partial charge in [-0.2, -0.15) is 0 Å². The lowest BCUT2D eigenvalue weighted by molar-refractivity contribution is -0.150. The van der Waals surface area contributed by atoms with E-state index in [4.69, 9.17) is 9.47 Å². The van der Waals surface area contributed by atoms with Gasteiger partial charge < -0.3 is 14.8 Å². The van der Waals surface area contributed by atoms with Gasteiger partial charge in [0.1, 0.15) is 5.75 Å². The molecular weight excluding hydrogens is 318 g/mol. The molecule has 1 N–H and O–H groups in total. The Bertz CT molecular complexity index is 795. The maximum atomic E-state index is 11.9. The van der Waals surface area contributed by atoms with Crippen molar-refractivity contribution in [3.8, 4) is 5.75 Å². The third-order valence-corrected chi connectivity index (χ3v) is 3.58. The zero-order chi connectivity index (χ0) is 18.4. The molecule has 5 nitrogen and oxygen atoms in total. The first-order valence-electron chi connectivity index (χ1n) is 8.16. The molecule has 0 heterocycles. The number of esters is 1. The Hall–Kier alpha value is -2.82. The average Bonchev–Trinajstić information content (AvgIpc) is 2.58. The van der Waals surface area contributed by atoms with Gasteiger partial charge in [-0.3, -0.25) is 4.79 Å². The van der Waals surface area contributed by atoms with Crippen LogP contribution in [0.3, 0.4) is 0 Å². The van der Waals surface area contributed by atoms with Crippen molar-refractivity contribution in [1.82, 2.24) is 5.32 Å². The Morgan fingerprint density at radius 1 is 1.04 bits per heavy atom. The van der Waals surface area contributed by atoms with Crippen molar-refractivity contribution in [2.24, 2.45) is 0 Å². The lowest BCUT2D eigenvalue weighted by Gasteiger charge is -2.14. The van der Waals surface area contributed by atoms with E-state index in [-0.39, 0.29) is 11.9 Å². The Kier molecular flexibility index (Phi) is 6.17. The van der Waals surface area contributed by atoms with Gasteiger partial charge in [0.25, 0.3) is 5.91 Å². The molecule has 0 aliphatic carbocycles. The van der Waals surface area contributed by atoms with Crippen LogP contribution in [0.4, 0.5) is 0 Å². The van der Waals surface area contributed by atoms with Gasteiger partial charge in [0.15, 0.2) is 6.10 Å². The first-order chi connectivity index (χ1) is 11.9. The van der Waals surface area contributed by atoms with Gasteiger partial charge in [-0.1, -0.05) is 18.2 Å². The number of hydrogen-bond acceptors (Lipinski definition) is 4. The zero-order valence-electron chi connectivity index (χ0n) is 14.9. The van der Waals surface area contributed by atoms with Gasteiger partial charge in [0.2, 0.25) is 0 Å². The van der Waals surface area contributed by atoms with Crippen molar-refractivity contribution < 1.29 is 19.1 Å². The molecular formula is C20H23NO4. The van der Waals surface area contributed by atoms with Crippen LogP contribution in [0.2, 0.25) is 0 Å². The molecule has 0 unspecified atom stereocenters. The summed E-state index contributed by atoms with van der Waals surface area (Å²) in [6, 6.07) is 11.6. The predicted molar refractivity (Wildman–Crippen MR) is 98.4 cm³/mol. The molecule has 0 spiro atoms. The third kappa shape index (κ3) is 5.35. The van der Waals surface area contributed by atoms with E-state index in [1.165, 1.54) is 6.08 Å². The standard InChI is InChI=1S/C20H23NO4/c1-13(2)21-20(23)14(3)25-19(22)10-6-15-5-7-17-12-18(24-4)9-8-16(17)11-15/h5-14H,1-4H3,(H,21,23)/b10-6+/t14-/m0/s1. The number of hydrogen-bond donors (Lipinski definition) is 1. The third-order valence-electron chi connectivity index (χ3n) is 3.58. The summed E-state index contributed by atoms with van der Waals surface area (Å²) in [6.07, 6.45) is 2.16. The van der Waals surface area contributed by atoms with Gasteiger partial charge in [-0.15, -0.1) is 0 Å². The van der Waals surface area contributed by atoms with Crippen molar-refractivity contribution >= 4 is 28.7 Å². The van der Waals surface area contributed by atoms with Gasteiger partial charge in [-0.25, -0.2) is 4.79 Å². The second kappa shape index (κ2) is 8.33. The summed E-state index contributed by atoms with van der Waals surface area (Å²) >= 11 is 0. The highest BCUT2D eigenvalue weighted by Crippen LogP contribution is 2.22. The number of nitrogens with one attached hydrogen (secondary N) is 1. The molecule has 2 aromatic carbocycles. The van der Waals surface area contributed by atoms with E-state index in [0.29, 0.717) is 0 Å². The van der Waals surface area contributed by atoms with Crippen molar-refractivity contribution in [1.29, 1.82) is 0 Å². The van der Waals surface area contributed by atoms with E-state index in [1.54, 1.807) is 20.1 Å².